The quantitative estimate of drug-likeness (QED) is 0.212. The van der Waals surface area contributed by atoms with Crippen LogP contribution in [0.3, 0.4) is 0 Å². The van der Waals surface area contributed by atoms with Gasteiger partial charge in [0.25, 0.3) is 0 Å². The van der Waals surface area contributed by atoms with Gasteiger partial charge in [0.05, 0.1) is 18.3 Å². The first-order valence-electron chi connectivity index (χ1n) is 13.2. The van der Waals surface area contributed by atoms with Gasteiger partial charge >= 0.3 is 6.09 Å². The number of fused-ring (bicyclic) bond motifs is 3. The SMILES string of the molecule is CN=C1c2c(c(N(Cc3ccc(OC)cc3)c3ccccc3I)nc3ccccc23)CCN1C(=O)OC(C)(C)C. The van der Waals surface area contributed by atoms with E-state index in [2.05, 4.69) is 68.9 Å². The summed E-state index contributed by atoms with van der Waals surface area (Å²) in [5, 5.41) is 0.960. The van der Waals surface area contributed by atoms with Crippen molar-refractivity contribution >= 4 is 56.9 Å². The number of amidine groups is 1. The number of benzene rings is 3. The van der Waals surface area contributed by atoms with E-state index in [1.807, 2.05) is 57.2 Å². The lowest BCUT2D eigenvalue weighted by atomic mass is 9.94. The summed E-state index contributed by atoms with van der Waals surface area (Å²) in [6, 6.07) is 24.5. The van der Waals surface area contributed by atoms with E-state index in [0.29, 0.717) is 25.3 Å². The first-order valence-corrected chi connectivity index (χ1v) is 14.3. The summed E-state index contributed by atoms with van der Waals surface area (Å²) >= 11 is 2.38. The second-order valence-corrected chi connectivity index (χ2v) is 11.8. The van der Waals surface area contributed by atoms with Crippen LogP contribution in [0.1, 0.15) is 37.5 Å². The maximum absolute atomic E-state index is 13.3. The van der Waals surface area contributed by atoms with E-state index in [1.54, 1.807) is 19.1 Å². The highest BCUT2D eigenvalue weighted by molar-refractivity contribution is 14.1. The van der Waals surface area contributed by atoms with Crippen LogP contribution in [-0.4, -0.2) is 48.1 Å². The highest BCUT2D eigenvalue weighted by atomic mass is 127. The molecule has 0 radical (unpaired) electrons. The lowest BCUT2D eigenvalue weighted by molar-refractivity contribution is 0.0368. The molecule has 1 aliphatic rings. The Kier molecular flexibility index (Phi) is 7.98. The second-order valence-electron chi connectivity index (χ2n) is 10.6. The summed E-state index contributed by atoms with van der Waals surface area (Å²) in [7, 11) is 3.40. The minimum atomic E-state index is -0.610. The molecule has 0 saturated heterocycles. The molecule has 0 atom stereocenters. The number of pyridine rings is 1. The molecule has 206 valence electrons. The molecule has 0 spiro atoms. The molecule has 1 aromatic heterocycles. The van der Waals surface area contributed by atoms with Crippen molar-refractivity contribution in [3.63, 3.8) is 0 Å². The average molecular weight is 649 g/mol. The van der Waals surface area contributed by atoms with Gasteiger partial charge in [-0.15, -0.1) is 0 Å². The molecular formula is C32H33IN4O3. The molecule has 3 aromatic carbocycles. The number of amides is 1. The minimum absolute atomic E-state index is 0.395. The Bertz CT molecular complexity index is 1580. The van der Waals surface area contributed by atoms with Gasteiger partial charge in [-0.2, -0.15) is 0 Å². The van der Waals surface area contributed by atoms with Crippen LogP contribution in [-0.2, 0) is 17.7 Å². The molecule has 4 aromatic rings. The number of aliphatic imine (C=N–C) groups is 1. The number of methoxy groups -OCH3 is 1. The van der Waals surface area contributed by atoms with Crippen LogP contribution in [0.4, 0.5) is 16.3 Å². The number of para-hydroxylation sites is 2. The van der Waals surface area contributed by atoms with Gasteiger partial charge in [-0.3, -0.25) is 9.89 Å². The topological polar surface area (TPSA) is 67.3 Å². The third kappa shape index (κ3) is 5.63. The molecule has 7 nitrogen and oxygen atoms in total. The van der Waals surface area contributed by atoms with Gasteiger partial charge in [0.1, 0.15) is 23.0 Å². The monoisotopic (exact) mass is 648 g/mol. The normalized spacial score (nSPS) is 14.2. The summed E-state index contributed by atoms with van der Waals surface area (Å²) in [5.41, 5.74) is 4.40. The van der Waals surface area contributed by atoms with E-state index in [9.17, 15) is 4.79 Å². The number of nitrogens with zero attached hydrogens (tertiary/aromatic N) is 4. The highest BCUT2D eigenvalue weighted by Gasteiger charge is 2.35. The molecule has 0 aliphatic carbocycles. The van der Waals surface area contributed by atoms with Gasteiger partial charge < -0.3 is 14.4 Å². The van der Waals surface area contributed by atoms with Crippen molar-refractivity contribution in [2.24, 2.45) is 4.99 Å². The molecule has 1 amide bonds. The highest BCUT2D eigenvalue weighted by Crippen LogP contribution is 2.39. The zero-order valence-electron chi connectivity index (χ0n) is 23.4. The molecule has 1 aliphatic heterocycles. The van der Waals surface area contributed by atoms with Gasteiger partial charge in [0.15, 0.2) is 0 Å². The van der Waals surface area contributed by atoms with Crippen LogP contribution < -0.4 is 9.64 Å². The van der Waals surface area contributed by atoms with Crippen LogP contribution in [0.2, 0.25) is 0 Å². The molecule has 0 fully saturated rings. The summed E-state index contributed by atoms with van der Waals surface area (Å²) in [6.45, 7) is 6.69. The summed E-state index contributed by atoms with van der Waals surface area (Å²) < 4.78 is 12.3. The van der Waals surface area contributed by atoms with Crippen molar-refractivity contribution in [1.82, 2.24) is 9.88 Å². The largest absolute Gasteiger partial charge is 0.497 e. The smallest absolute Gasteiger partial charge is 0.416 e. The third-order valence-electron chi connectivity index (χ3n) is 6.76. The predicted octanol–water partition coefficient (Wildman–Crippen LogP) is 7.36. The molecular weight excluding hydrogens is 615 g/mol. The summed E-state index contributed by atoms with van der Waals surface area (Å²) in [6.07, 6.45) is 0.220. The fourth-order valence-corrected chi connectivity index (χ4v) is 5.68. The maximum atomic E-state index is 13.3. The van der Waals surface area contributed by atoms with E-state index < -0.39 is 11.7 Å². The number of rotatable bonds is 5. The molecule has 40 heavy (non-hydrogen) atoms. The third-order valence-corrected chi connectivity index (χ3v) is 7.67. The standard InChI is InChI=1S/C32H33IN4O3/c1-32(2,3)40-31(38)36-19-18-24-28(30(36)34-4)23-10-6-8-12-26(23)35-29(24)37(27-13-9-7-11-25(27)33)20-21-14-16-22(39-5)17-15-21/h6-17H,18-20H2,1-5H3. The Morgan fingerprint density at radius 1 is 1.05 bits per heavy atom. The second kappa shape index (κ2) is 11.4. The Morgan fingerprint density at radius 3 is 2.42 bits per heavy atom. The van der Waals surface area contributed by atoms with Crippen LogP contribution in [0.5, 0.6) is 5.75 Å². The van der Waals surface area contributed by atoms with Crippen molar-refractivity contribution in [2.75, 3.05) is 25.6 Å². The number of carbonyl (C=O) groups is 1. The minimum Gasteiger partial charge on any atom is -0.497 e. The molecule has 0 unspecified atom stereocenters. The van der Waals surface area contributed by atoms with E-state index in [0.717, 1.165) is 48.4 Å². The average Bonchev–Trinajstić information content (AvgIpc) is 2.94. The number of aromatic nitrogens is 1. The van der Waals surface area contributed by atoms with Crippen LogP contribution in [0.15, 0.2) is 77.8 Å². The number of halogens is 1. The molecule has 0 N–H and O–H groups in total. The van der Waals surface area contributed by atoms with E-state index in [-0.39, 0.29) is 0 Å². The fourth-order valence-electron chi connectivity index (χ4n) is 5.00. The number of hydrogen-bond acceptors (Lipinski definition) is 6. The number of anilines is 2. The van der Waals surface area contributed by atoms with E-state index >= 15 is 0 Å². The number of carbonyl (C=O) groups excluding carboxylic acids is 1. The molecule has 5 rings (SSSR count). The molecule has 0 bridgehead atoms. The van der Waals surface area contributed by atoms with Crippen LogP contribution >= 0.6 is 22.6 Å². The van der Waals surface area contributed by atoms with Crippen molar-refractivity contribution in [3.8, 4) is 5.75 Å². The van der Waals surface area contributed by atoms with Crippen molar-refractivity contribution in [2.45, 2.75) is 39.3 Å². The van der Waals surface area contributed by atoms with Crippen LogP contribution in [0.25, 0.3) is 10.9 Å². The van der Waals surface area contributed by atoms with Crippen molar-refractivity contribution in [3.05, 3.63) is 93.1 Å². The molecule has 2 heterocycles. The number of hydrogen-bond donors (Lipinski definition) is 0. The Balaban J connectivity index is 1.70. The summed E-state index contributed by atoms with van der Waals surface area (Å²) in [4.78, 5) is 27.1. The van der Waals surface area contributed by atoms with E-state index in [1.165, 1.54) is 0 Å². The Morgan fingerprint density at radius 2 is 1.75 bits per heavy atom. The van der Waals surface area contributed by atoms with Gasteiger partial charge in [0, 0.05) is 40.2 Å². The van der Waals surface area contributed by atoms with Crippen LogP contribution in [0, 0.1) is 3.57 Å². The Hall–Kier alpha value is -3.66. The summed E-state index contributed by atoms with van der Waals surface area (Å²) in [5.74, 6) is 2.28. The van der Waals surface area contributed by atoms with Gasteiger partial charge in [-0.1, -0.05) is 42.5 Å². The molecule has 0 saturated carbocycles. The van der Waals surface area contributed by atoms with Crippen molar-refractivity contribution in [1.29, 1.82) is 0 Å². The lowest BCUT2D eigenvalue weighted by Gasteiger charge is -2.35. The molecule has 8 heteroatoms. The van der Waals surface area contributed by atoms with Gasteiger partial charge in [0.2, 0.25) is 0 Å². The zero-order chi connectivity index (χ0) is 28.4. The zero-order valence-corrected chi connectivity index (χ0v) is 25.6. The maximum Gasteiger partial charge on any atom is 0.416 e. The van der Waals surface area contributed by atoms with Crippen molar-refractivity contribution < 1.29 is 14.3 Å². The first-order chi connectivity index (χ1) is 19.2. The number of ether oxygens (including phenoxy) is 2. The first kappa shape index (κ1) is 27.9. The van der Waals surface area contributed by atoms with Gasteiger partial charge in [-0.05, 0) is 85.7 Å². The van der Waals surface area contributed by atoms with E-state index in [4.69, 9.17) is 14.5 Å². The Labute approximate surface area is 249 Å². The lowest BCUT2D eigenvalue weighted by Crippen LogP contribution is -2.45. The van der Waals surface area contributed by atoms with Gasteiger partial charge in [-0.25, -0.2) is 9.78 Å². The predicted molar refractivity (Wildman–Crippen MR) is 169 cm³/mol. The fraction of sp³-hybridized carbons (Fsp3) is 0.281.